The largest absolute Gasteiger partial charge is 0.444 e. The summed E-state index contributed by atoms with van der Waals surface area (Å²) in [5, 5.41) is 0. The van der Waals surface area contributed by atoms with Crippen molar-refractivity contribution in [2.75, 3.05) is 19.3 Å². The van der Waals surface area contributed by atoms with Gasteiger partial charge in [0.05, 0.1) is 22.4 Å². The highest BCUT2D eigenvalue weighted by Crippen LogP contribution is 2.38. The van der Waals surface area contributed by atoms with Gasteiger partial charge in [0, 0.05) is 38.1 Å². The van der Waals surface area contributed by atoms with Crippen molar-refractivity contribution in [1.82, 2.24) is 24.4 Å². The molecule has 0 aliphatic rings. The fraction of sp³-hybridized carbons (Fsp3) is 0.304. The van der Waals surface area contributed by atoms with Crippen LogP contribution in [0, 0.1) is 5.82 Å². The molecule has 4 aromatic rings. The van der Waals surface area contributed by atoms with E-state index in [2.05, 4.69) is 15.0 Å². The number of imidazole rings is 1. The van der Waals surface area contributed by atoms with Gasteiger partial charge in [-0.3, -0.25) is 0 Å². The molecular formula is C23H25FN6O3S. The van der Waals surface area contributed by atoms with Crippen molar-refractivity contribution >= 4 is 33.3 Å². The first-order valence-electron chi connectivity index (χ1n) is 10.5. The summed E-state index contributed by atoms with van der Waals surface area (Å²) in [5.41, 5.74) is 6.78. The monoisotopic (exact) mass is 484 g/mol. The minimum absolute atomic E-state index is 0.0301. The third-order valence-electron chi connectivity index (χ3n) is 4.73. The molecular weight excluding hydrogens is 459 g/mol. The number of halogens is 1. The lowest BCUT2D eigenvalue weighted by atomic mass is 10.2. The zero-order valence-corrected chi connectivity index (χ0v) is 20.1. The summed E-state index contributed by atoms with van der Waals surface area (Å²) in [6.07, 6.45) is 4.59. The number of ether oxygens (including phenoxy) is 2. The van der Waals surface area contributed by atoms with Gasteiger partial charge in [-0.15, -0.1) is 11.3 Å². The minimum atomic E-state index is -0.571. The maximum absolute atomic E-state index is 14.2. The summed E-state index contributed by atoms with van der Waals surface area (Å²) in [6, 6.07) is 6.10. The molecule has 4 rings (SSSR count). The molecule has 0 atom stereocenters. The third kappa shape index (κ3) is 5.42. The van der Waals surface area contributed by atoms with Crippen LogP contribution in [0.15, 0.2) is 43.1 Å². The van der Waals surface area contributed by atoms with E-state index in [1.54, 1.807) is 19.4 Å². The van der Waals surface area contributed by atoms with Gasteiger partial charge in [0.1, 0.15) is 16.6 Å². The number of likely N-dealkylation sites (N-methyl/N-ethyl adjacent to an activating group) is 1. The first-order chi connectivity index (χ1) is 16.1. The van der Waals surface area contributed by atoms with Crippen LogP contribution in [-0.2, 0) is 11.3 Å². The van der Waals surface area contributed by atoms with Gasteiger partial charge in [-0.05, 0) is 39.0 Å². The molecule has 178 valence electrons. The maximum Gasteiger partial charge on any atom is 0.410 e. The molecule has 0 unspecified atom stereocenters. The third-order valence-corrected chi connectivity index (χ3v) is 5.86. The zero-order valence-electron chi connectivity index (χ0n) is 19.3. The number of nitrogen functional groups attached to an aromatic ring is 1. The van der Waals surface area contributed by atoms with Crippen LogP contribution in [0.5, 0.6) is 11.6 Å². The average molecular weight is 485 g/mol. The van der Waals surface area contributed by atoms with Gasteiger partial charge in [-0.25, -0.2) is 24.1 Å². The zero-order chi connectivity index (χ0) is 24.5. The number of benzene rings is 1. The summed E-state index contributed by atoms with van der Waals surface area (Å²) in [7, 11) is 1.70. The van der Waals surface area contributed by atoms with Crippen LogP contribution in [0.3, 0.4) is 0 Å². The van der Waals surface area contributed by atoms with Crippen molar-refractivity contribution in [2.45, 2.75) is 32.9 Å². The molecule has 0 fully saturated rings. The number of rotatable bonds is 6. The molecule has 34 heavy (non-hydrogen) atoms. The second-order valence-electron chi connectivity index (χ2n) is 8.69. The van der Waals surface area contributed by atoms with Crippen molar-refractivity contribution in [3.8, 4) is 22.2 Å². The Morgan fingerprint density at radius 3 is 2.76 bits per heavy atom. The van der Waals surface area contributed by atoms with Gasteiger partial charge >= 0.3 is 6.09 Å². The smallest absolute Gasteiger partial charge is 0.410 e. The number of thiophene rings is 1. The number of amides is 1. The van der Waals surface area contributed by atoms with E-state index in [-0.39, 0.29) is 17.7 Å². The Kier molecular flexibility index (Phi) is 6.38. The van der Waals surface area contributed by atoms with Crippen molar-refractivity contribution in [2.24, 2.45) is 0 Å². The Morgan fingerprint density at radius 2 is 2.03 bits per heavy atom. The molecule has 0 radical (unpaired) electrons. The standard InChI is InChI=1S/C23H25FN6O3S/c1-23(2,3)33-22(31)29(4)7-8-30-11-17(28-13-30)19-10-16-20(34-19)21(27-12-26-16)32-18-6-5-14(25)9-15(18)24/h5-6,9-13H,7-8,25H2,1-4H3. The molecule has 0 saturated heterocycles. The quantitative estimate of drug-likeness (QED) is 0.386. The van der Waals surface area contributed by atoms with E-state index in [0.29, 0.717) is 29.0 Å². The predicted molar refractivity (Wildman–Crippen MR) is 128 cm³/mol. The summed E-state index contributed by atoms with van der Waals surface area (Å²) in [6.45, 7) is 6.52. The topological polar surface area (TPSA) is 108 Å². The molecule has 2 N–H and O–H groups in total. The molecule has 0 aliphatic heterocycles. The van der Waals surface area contributed by atoms with Gasteiger partial charge < -0.3 is 24.7 Å². The van der Waals surface area contributed by atoms with Crippen LogP contribution in [0.25, 0.3) is 20.8 Å². The highest BCUT2D eigenvalue weighted by atomic mass is 32.1. The van der Waals surface area contributed by atoms with E-state index in [1.807, 2.05) is 37.6 Å². The van der Waals surface area contributed by atoms with Crippen LogP contribution < -0.4 is 10.5 Å². The van der Waals surface area contributed by atoms with Gasteiger partial charge in [-0.1, -0.05) is 0 Å². The first-order valence-corrected chi connectivity index (χ1v) is 11.3. The Hall–Kier alpha value is -3.73. The summed E-state index contributed by atoms with van der Waals surface area (Å²) < 4.78 is 27.8. The minimum Gasteiger partial charge on any atom is -0.444 e. The average Bonchev–Trinajstić information content (AvgIpc) is 3.40. The van der Waals surface area contributed by atoms with E-state index in [4.69, 9.17) is 15.2 Å². The van der Waals surface area contributed by atoms with E-state index in [0.717, 1.165) is 10.6 Å². The molecule has 0 saturated carbocycles. The number of nitrogens with two attached hydrogens (primary N) is 1. The highest BCUT2D eigenvalue weighted by Gasteiger charge is 2.20. The van der Waals surface area contributed by atoms with Crippen molar-refractivity contribution < 1.29 is 18.7 Å². The van der Waals surface area contributed by atoms with Crippen LogP contribution >= 0.6 is 11.3 Å². The normalized spacial score (nSPS) is 11.6. The van der Waals surface area contributed by atoms with Gasteiger partial charge in [0.15, 0.2) is 11.6 Å². The van der Waals surface area contributed by atoms with Gasteiger partial charge in [0.2, 0.25) is 5.88 Å². The lowest BCUT2D eigenvalue weighted by Gasteiger charge is -2.24. The predicted octanol–water partition coefficient (Wildman–Crippen LogP) is 4.94. The van der Waals surface area contributed by atoms with Crippen molar-refractivity contribution in [1.29, 1.82) is 0 Å². The number of aromatic nitrogens is 4. The fourth-order valence-electron chi connectivity index (χ4n) is 3.04. The number of hydrogen-bond donors (Lipinski definition) is 1. The van der Waals surface area contributed by atoms with Crippen molar-refractivity contribution in [3.63, 3.8) is 0 Å². The Bertz CT molecular complexity index is 1330. The molecule has 0 bridgehead atoms. The van der Waals surface area contributed by atoms with Crippen LogP contribution in [-0.4, -0.2) is 49.7 Å². The molecule has 1 aromatic carbocycles. The number of fused-ring (bicyclic) bond motifs is 1. The molecule has 3 heterocycles. The molecule has 3 aromatic heterocycles. The summed E-state index contributed by atoms with van der Waals surface area (Å²) in [5.74, 6) is -0.287. The van der Waals surface area contributed by atoms with Crippen LogP contribution in [0.2, 0.25) is 0 Å². The molecule has 11 heteroatoms. The Balaban J connectivity index is 1.48. The Labute approximate surface area is 200 Å². The molecule has 9 nitrogen and oxygen atoms in total. The van der Waals surface area contributed by atoms with E-state index in [9.17, 15) is 9.18 Å². The van der Waals surface area contributed by atoms with Gasteiger partial charge in [0.25, 0.3) is 0 Å². The number of carbonyl (C=O) groups excluding carboxylic acids is 1. The van der Waals surface area contributed by atoms with E-state index >= 15 is 0 Å². The SMILES string of the molecule is CN(CCn1cnc(-c2cc3ncnc(Oc4ccc(N)cc4F)c3s2)c1)C(=O)OC(C)(C)C. The van der Waals surface area contributed by atoms with Crippen LogP contribution in [0.1, 0.15) is 20.8 Å². The summed E-state index contributed by atoms with van der Waals surface area (Å²) >= 11 is 1.40. The van der Waals surface area contributed by atoms with Gasteiger partial charge in [-0.2, -0.15) is 0 Å². The van der Waals surface area contributed by atoms with E-state index < -0.39 is 11.4 Å². The number of hydrogen-bond acceptors (Lipinski definition) is 8. The fourth-order valence-corrected chi connectivity index (χ4v) is 4.04. The maximum atomic E-state index is 14.2. The van der Waals surface area contributed by atoms with Crippen molar-refractivity contribution in [3.05, 3.63) is 48.9 Å². The number of anilines is 1. The molecule has 1 amide bonds. The van der Waals surface area contributed by atoms with E-state index in [1.165, 1.54) is 34.7 Å². The second-order valence-corrected chi connectivity index (χ2v) is 9.75. The molecule has 0 aliphatic carbocycles. The lowest BCUT2D eigenvalue weighted by molar-refractivity contribution is 0.0293. The second kappa shape index (κ2) is 9.26. The highest BCUT2D eigenvalue weighted by molar-refractivity contribution is 7.22. The lowest BCUT2D eigenvalue weighted by Crippen LogP contribution is -2.35. The summed E-state index contributed by atoms with van der Waals surface area (Å²) in [4.78, 5) is 27.5. The van der Waals surface area contributed by atoms with Crippen LogP contribution in [0.4, 0.5) is 14.9 Å². The Morgan fingerprint density at radius 1 is 1.24 bits per heavy atom. The number of carbonyl (C=O) groups is 1. The molecule has 0 spiro atoms. The first kappa shape index (κ1) is 23.4. The number of nitrogens with zero attached hydrogens (tertiary/aromatic N) is 5.